The minimum absolute atomic E-state index is 0.109. The molecule has 1 aromatic rings. The molecule has 4 nitrogen and oxygen atoms in total. The number of hydrogen-bond acceptors (Lipinski definition) is 2. The number of rotatable bonds is 8. The van der Waals surface area contributed by atoms with Gasteiger partial charge in [0.05, 0.1) is 0 Å². The van der Waals surface area contributed by atoms with Gasteiger partial charge in [0.1, 0.15) is 0 Å². The Hall–Kier alpha value is -1.55. The van der Waals surface area contributed by atoms with E-state index in [1.807, 2.05) is 25.1 Å². The van der Waals surface area contributed by atoms with Crippen molar-refractivity contribution in [3.8, 4) is 0 Å². The summed E-state index contributed by atoms with van der Waals surface area (Å²) in [6.45, 7) is 3.07. The van der Waals surface area contributed by atoms with Gasteiger partial charge in [0.2, 0.25) is 0 Å². The first-order chi connectivity index (χ1) is 9.13. The van der Waals surface area contributed by atoms with Crippen LogP contribution >= 0.6 is 0 Å². The van der Waals surface area contributed by atoms with E-state index in [9.17, 15) is 4.79 Å². The predicted molar refractivity (Wildman–Crippen MR) is 75.2 cm³/mol. The predicted octanol–water partition coefficient (Wildman–Crippen LogP) is 2.62. The lowest BCUT2D eigenvalue weighted by molar-refractivity contribution is 0.137. The first-order valence-corrected chi connectivity index (χ1v) is 6.76. The van der Waals surface area contributed by atoms with E-state index in [0.29, 0.717) is 19.5 Å². The number of carbonyl (C=O) groups is 1. The van der Waals surface area contributed by atoms with E-state index < -0.39 is 6.09 Å². The summed E-state index contributed by atoms with van der Waals surface area (Å²) in [5, 5.41) is 18.1. The van der Waals surface area contributed by atoms with Crippen LogP contribution < -0.4 is 0 Å². The van der Waals surface area contributed by atoms with Crippen LogP contribution in [0.4, 0.5) is 4.79 Å². The quantitative estimate of drug-likeness (QED) is 0.759. The maximum atomic E-state index is 11.1. The number of carboxylic acid groups (broad SMARTS) is 1. The lowest BCUT2D eigenvalue weighted by Crippen LogP contribution is -2.32. The molecule has 0 heterocycles. The molecule has 1 rings (SSSR count). The highest BCUT2D eigenvalue weighted by Gasteiger charge is 2.12. The zero-order chi connectivity index (χ0) is 14.1. The number of aliphatic hydroxyl groups excluding tert-OH is 1. The molecule has 4 heteroatoms. The van der Waals surface area contributed by atoms with E-state index in [-0.39, 0.29) is 12.5 Å². The number of aryl methyl sites for hydroxylation is 1. The highest BCUT2D eigenvalue weighted by Crippen LogP contribution is 2.07. The second-order valence-corrected chi connectivity index (χ2v) is 4.94. The van der Waals surface area contributed by atoms with Crippen molar-refractivity contribution in [2.75, 3.05) is 19.7 Å². The Morgan fingerprint density at radius 1 is 1.26 bits per heavy atom. The zero-order valence-electron chi connectivity index (χ0n) is 11.5. The molecule has 1 atom stereocenters. The third kappa shape index (κ3) is 6.25. The lowest BCUT2D eigenvalue weighted by Gasteiger charge is -2.20. The molecule has 1 amide bonds. The average molecular weight is 265 g/mol. The van der Waals surface area contributed by atoms with E-state index in [0.717, 1.165) is 12.8 Å². The molecule has 0 aliphatic rings. The molecule has 0 saturated carbocycles. The van der Waals surface area contributed by atoms with Crippen molar-refractivity contribution in [2.24, 2.45) is 5.92 Å². The van der Waals surface area contributed by atoms with Crippen LogP contribution in [0.1, 0.15) is 25.3 Å². The normalized spacial score (nSPS) is 12.1. The van der Waals surface area contributed by atoms with E-state index in [1.165, 1.54) is 10.5 Å². The largest absolute Gasteiger partial charge is 0.465 e. The fourth-order valence-electron chi connectivity index (χ4n) is 1.89. The molecule has 2 N–H and O–H groups in total. The molecule has 106 valence electrons. The van der Waals surface area contributed by atoms with Gasteiger partial charge in [-0.2, -0.15) is 0 Å². The lowest BCUT2D eigenvalue weighted by atomic mass is 10.1. The number of nitrogens with zero attached hydrogens (tertiary/aromatic N) is 1. The smallest absolute Gasteiger partial charge is 0.407 e. The molecule has 0 aliphatic carbocycles. The van der Waals surface area contributed by atoms with E-state index >= 15 is 0 Å². The van der Waals surface area contributed by atoms with Crippen LogP contribution in [0.2, 0.25) is 0 Å². The van der Waals surface area contributed by atoms with Gasteiger partial charge in [-0.05, 0) is 30.7 Å². The number of benzene rings is 1. The van der Waals surface area contributed by atoms with Gasteiger partial charge in [-0.25, -0.2) is 4.79 Å². The van der Waals surface area contributed by atoms with Gasteiger partial charge >= 0.3 is 6.09 Å². The van der Waals surface area contributed by atoms with Crippen molar-refractivity contribution in [1.82, 2.24) is 4.90 Å². The maximum Gasteiger partial charge on any atom is 0.407 e. The summed E-state index contributed by atoms with van der Waals surface area (Å²) in [7, 11) is 0. The highest BCUT2D eigenvalue weighted by molar-refractivity contribution is 5.64. The number of aliphatic hydroxyl groups is 1. The molecule has 0 radical (unpaired) electrons. The van der Waals surface area contributed by atoms with E-state index in [4.69, 9.17) is 10.2 Å². The fraction of sp³-hybridized carbons (Fsp3) is 0.533. The molecular weight excluding hydrogens is 242 g/mol. The number of hydrogen-bond donors (Lipinski definition) is 2. The summed E-state index contributed by atoms with van der Waals surface area (Å²) < 4.78 is 0. The van der Waals surface area contributed by atoms with Crippen LogP contribution in [-0.2, 0) is 6.42 Å². The molecule has 0 spiro atoms. The van der Waals surface area contributed by atoms with Gasteiger partial charge in [-0.15, -0.1) is 0 Å². The Labute approximate surface area is 114 Å². The Balaban J connectivity index is 2.31. The molecular formula is C15H23NO3. The summed E-state index contributed by atoms with van der Waals surface area (Å²) in [6, 6.07) is 10.1. The molecule has 0 fully saturated rings. The Bertz CT molecular complexity index is 367. The summed E-state index contributed by atoms with van der Waals surface area (Å²) in [5.74, 6) is 0.149. The van der Waals surface area contributed by atoms with E-state index in [1.54, 1.807) is 0 Å². The van der Waals surface area contributed by atoms with Crippen LogP contribution in [0, 0.1) is 5.92 Å². The van der Waals surface area contributed by atoms with Crippen molar-refractivity contribution in [3.63, 3.8) is 0 Å². The third-order valence-corrected chi connectivity index (χ3v) is 3.21. The minimum Gasteiger partial charge on any atom is -0.465 e. The molecule has 0 saturated heterocycles. The molecule has 19 heavy (non-hydrogen) atoms. The first kappa shape index (κ1) is 15.5. The van der Waals surface area contributed by atoms with Gasteiger partial charge < -0.3 is 15.1 Å². The SMILES string of the molecule is CC(CO)CCN(CCCc1ccccc1)C(=O)O. The minimum atomic E-state index is -0.877. The van der Waals surface area contributed by atoms with Crippen LogP contribution in [0.25, 0.3) is 0 Å². The Morgan fingerprint density at radius 3 is 2.53 bits per heavy atom. The first-order valence-electron chi connectivity index (χ1n) is 6.76. The standard InChI is InChI=1S/C15H23NO3/c1-13(12-17)9-11-16(15(18)19)10-5-8-14-6-3-2-4-7-14/h2-4,6-7,13,17H,5,8-12H2,1H3,(H,18,19). The maximum absolute atomic E-state index is 11.1. The molecule has 1 aromatic carbocycles. The third-order valence-electron chi connectivity index (χ3n) is 3.21. The van der Waals surface area contributed by atoms with Gasteiger partial charge in [0.15, 0.2) is 0 Å². The van der Waals surface area contributed by atoms with Crippen LogP contribution in [-0.4, -0.2) is 40.9 Å². The number of amides is 1. The van der Waals surface area contributed by atoms with Crippen LogP contribution in [0.15, 0.2) is 30.3 Å². The van der Waals surface area contributed by atoms with Crippen molar-refractivity contribution >= 4 is 6.09 Å². The molecule has 0 aromatic heterocycles. The van der Waals surface area contributed by atoms with Crippen molar-refractivity contribution in [3.05, 3.63) is 35.9 Å². The van der Waals surface area contributed by atoms with Crippen LogP contribution in [0.5, 0.6) is 0 Å². The Morgan fingerprint density at radius 2 is 1.95 bits per heavy atom. The molecule has 1 unspecified atom stereocenters. The van der Waals surface area contributed by atoms with Gasteiger partial charge in [0.25, 0.3) is 0 Å². The van der Waals surface area contributed by atoms with Gasteiger partial charge in [-0.1, -0.05) is 37.3 Å². The molecule has 0 bridgehead atoms. The second kappa shape index (κ2) is 8.53. The van der Waals surface area contributed by atoms with Gasteiger partial charge in [0, 0.05) is 19.7 Å². The molecule has 0 aliphatic heterocycles. The summed E-state index contributed by atoms with van der Waals surface area (Å²) in [4.78, 5) is 12.5. The topological polar surface area (TPSA) is 60.8 Å². The average Bonchev–Trinajstić information content (AvgIpc) is 2.42. The van der Waals surface area contributed by atoms with Crippen molar-refractivity contribution < 1.29 is 15.0 Å². The summed E-state index contributed by atoms with van der Waals surface area (Å²) in [6.07, 6.45) is 1.54. The van der Waals surface area contributed by atoms with E-state index in [2.05, 4.69) is 12.1 Å². The summed E-state index contributed by atoms with van der Waals surface area (Å²) >= 11 is 0. The second-order valence-electron chi connectivity index (χ2n) is 4.94. The highest BCUT2D eigenvalue weighted by atomic mass is 16.4. The fourth-order valence-corrected chi connectivity index (χ4v) is 1.89. The summed E-state index contributed by atoms with van der Waals surface area (Å²) in [5.41, 5.74) is 1.23. The van der Waals surface area contributed by atoms with Crippen molar-refractivity contribution in [1.29, 1.82) is 0 Å². The van der Waals surface area contributed by atoms with Crippen LogP contribution in [0.3, 0.4) is 0 Å². The zero-order valence-corrected chi connectivity index (χ0v) is 11.5. The Kier molecular flexibility index (Phi) is 6.97. The van der Waals surface area contributed by atoms with Crippen molar-refractivity contribution in [2.45, 2.75) is 26.2 Å². The van der Waals surface area contributed by atoms with Gasteiger partial charge in [-0.3, -0.25) is 0 Å². The monoisotopic (exact) mass is 265 g/mol.